The Morgan fingerprint density at radius 1 is 1.33 bits per heavy atom. The van der Waals surface area contributed by atoms with Crippen LogP contribution in [0.2, 0.25) is 0 Å². The van der Waals surface area contributed by atoms with Crippen LogP contribution in [0.25, 0.3) is 0 Å². The van der Waals surface area contributed by atoms with Crippen molar-refractivity contribution >= 4 is 5.69 Å². The Hall–Kier alpha value is -1.09. The van der Waals surface area contributed by atoms with Gasteiger partial charge in [-0.05, 0) is 31.2 Å². The molecule has 0 atom stereocenters. The van der Waals surface area contributed by atoms with Gasteiger partial charge in [-0.3, -0.25) is 4.98 Å². The number of hydrogen-bond donors (Lipinski definition) is 1. The van der Waals surface area contributed by atoms with E-state index >= 15 is 0 Å². The van der Waals surface area contributed by atoms with Gasteiger partial charge in [0.25, 0.3) is 0 Å². The van der Waals surface area contributed by atoms with Crippen molar-refractivity contribution in [2.45, 2.75) is 66.5 Å². The molecule has 0 saturated carbocycles. The van der Waals surface area contributed by atoms with Gasteiger partial charge >= 0.3 is 0 Å². The van der Waals surface area contributed by atoms with Crippen LogP contribution in [-0.4, -0.2) is 24.1 Å². The molecule has 0 unspecified atom stereocenters. The average molecular weight is 289 g/mol. The molecule has 2 rings (SSSR count). The first kappa shape index (κ1) is 16.3. The SMILES string of the molecule is CCC1(C)CCN(c2cc(C)ncc2CNC(C)C)CC1. The van der Waals surface area contributed by atoms with Gasteiger partial charge < -0.3 is 10.2 Å². The fourth-order valence-electron chi connectivity index (χ4n) is 2.96. The largest absolute Gasteiger partial charge is 0.371 e. The Labute approximate surface area is 130 Å². The molecule has 1 aromatic heterocycles. The molecule has 1 aliphatic rings. The highest BCUT2D eigenvalue weighted by atomic mass is 15.1. The summed E-state index contributed by atoms with van der Waals surface area (Å²) in [5, 5.41) is 3.52. The summed E-state index contributed by atoms with van der Waals surface area (Å²) in [7, 11) is 0. The lowest BCUT2D eigenvalue weighted by atomic mass is 9.78. The topological polar surface area (TPSA) is 28.2 Å². The van der Waals surface area contributed by atoms with E-state index in [1.54, 1.807) is 0 Å². The fraction of sp³-hybridized carbons (Fsp3) is 0.722. The smallest absolute Gasteiger partial charge is 0.0445 e. The first-order valence-electron chi connectivity index (χ1n) is 8.37. The van der Waals surface area contributed by atoms with Gasteiger partial charge in [0.15, 0.2) is 0 Å². The van der Waals surface area contributed by atoms with Crippen LogP contribution in [0.4, 0.5) is 5.69 Å². The number of nitrogens with one attached hydrogen (secondary N) is 1. The highest BCUT2D eigenvalue weighted by Gasteiger charge is 2.29. The lowest BCUT2D eigenvalue weighted by Crippen LogP contribution is -2.39. The maximum atomic E-state index is 4.49. The molecular formula is C18H31N3. The van der Waals surface area contributed by atoms with Gasteiger partial charge in [-0.25, -0.2) is 0 Å². The molecule has 0 bridgehead atoms. The quantitative estimate of drug-likeness (QED) is 0.891. The molecule has 0 radical (unpaired) electrons. The monoisotopic (exact) mass is 289 g/mol. The Morgan fingerprint density at radius 3 is 2.57 bits per heavy atom. The van der Waals surface area contributed by atoms with Crippen molar-refractivity contribution in [2.24, 2.45) is 5.41 Å². The van der Waals surface area contributed by atoms with Gasteiger partial charge in [-0.1, -0.05) is 34.1 Å². The standard InChI is InChI=1S/C18H31N3/c1-6-18(5)7-9-21(10-8-18)17-11-15(4)20-13-16(17)12-19-14(2)3/h11,13-14,19H,6-10,12H2,1-5H3. The Balaban J connectivity index is 2.13. The number of hydrogen-bond acceptors (Lipinski definition) is 3. The molecule has 0 aromatic carbocycles. The molecule has 1 aliphatic heterocycles. The molecule has 0 spiro atoms. The van der Waals surface area contributed by atoms with Crippen LogP contribution < -0.4 is 10.2 Å². The predicted octanol–water partition coefficient (Wildman–Crippen LogP) is 3.90. The van der Waals surface area contributed by atoms with E-state index in [1.807, 2.05) is 6.20 Å². The van der Waals surface area contributed by atoms with Gasteiger partial charge in [0, 0.05) is 48.8 Å². The summed E-state index contributed by atoms with van der Waals surface area (Å²) in [6, 6.07) is 2.76. The molecule has 3 heteroatoms. The summed E-state index contributed by atoms with van der Waals surface area (Å²) in [6.07, 6.45) is 5.93. The predicted molar refractivity (Wildman–Crippen MR) is 90.8 cm³/mol. The minimum Gasteiger partial charge on any atom is -0.371 e. The summed E-state index contributed by atoms with van der Waals surface area (Å²) in [5.74, 6) is 0. The maximum Gasteiger partial charge on any atom is 0.0445 e. The Kier molecular flexibility index (Phi) is 5.26. The van der Waals surface area contributed by atoms with Gasteiger partial charge in [-0.2, -0.15) is 0 Å². The molecule has 1 N–H and O–H groups in total. The zero-order valence-corrected chi connectivity index (χ0v) is 14.4. The molecule has 1 aromatic rings. The first-order valence-corrected chi connectivity index (χ1v) is 8.37. The third kappa shape index (κ3) is 4.19. The normalized spacial score (nSPS) is 18.3. The van der Waals surface area contributed by atoms with Crippen LogP contribution in [0.5, 0.6) is 0 Å². The van der Waals surface area contributed by atoms with Gasteiger partial charge in [0.1, 0.15) is 0 Å². The van der Waals surface area contributed by atoms with Crippen LogP contribution in [-0.2, 0) is 6.54 Å². The van der Waals surface area contributed by atoms with Crippen LogP contribution in [0.15, 0.2) is 12.3 Å². The van der Waals surface area contributed by atoms with E-state index in [-0.39, 0.29) is 0 Å². The zero-order chi connectivity index (χ0) is 15.5. The van der Waals surface area contributed by atoms with E-state index in [2.05, 4.69) is 55.9 Å². The number of rotatable bonds is 5. The van der Waals surface area contributed by atoms with Gasteiger partial charge in [0.05, 0.1) is 0 Å². The van der Waals surface area contributed by atoms with Crippen LogP contribution in [0.3, 0.4) is 0 Å². The average Bonchev–Trinajstić information content (AvgIpc) is 2.46. The van der Waals surface area contributed by atoms with E-state index in [9.17, 15) is 0 Å². The lowest BCUT2D eigenvalue weighted by molar-refractivity contribution is 0.238. The number of piperidine rings is 1. The van der Waals surface area contributed by atoms with Crippen molar-refractivity contribution in [1.82, 2.24) is 10.3 Å². The summed E-state index contributed by atoms with van der Waals surface area (Å²) < 4.78 is 0. The zero-order valence-electron chi connectivity index (χ0n) is 14.4. The fourth-order valence-corrected chi connectivity index (χ4v) is 2.96. The van der Waals surface area contributed by atoms with Gasteiger partial charge in [0.2, 0.25) is 0 Å². The Morgan fingerprint density at radius 2 is 2.00 bits per heavy atom. The molecule has 0 amide bonds. The van der Waals surface area contributed by atoms with Crippen molar-refractivity contribution in [2.75, 3.05) is 18.0 Å². The molecule has 21 heavy (non-hydrogen) atoms. The molecule has 2 heterocycles. The third-order valence-electron chi connectivity index (χ3n) is 4.96. The number of pyridine rings is 1. The summed E-state index contributed by atoms with van der Waals surface area (Å²) in [5.41, 5.74) is 4.36. The maximum absolute atomic E-state index is 4.49. The van der Waals surface area contributed by atoms with E-state index in [1.165, 1.54) is 43.6 Å². The molecule has 1 saturated heterocycles. The molecule has 3 nitrogen and oxygen atoms in total. The number of aryl methyl sites for hydroxylation is 1. The second-order valence-electron chi connectivity index (χ2n) is 7.14. The van der Waals surface area contributed by atoms with Crippen LogP contribution in [0.1, 0.15) is 58.2 Å². The number of anilines is 1. The van der Waals surface area contributed by atoms with Crippen LogP contribution in [0, 0.1) is 12.3 Å². The van der Waals surface area contributed by atoms with Crippen molar-refractivity contribution in [1.29, 1.82) is 0 Å². The van der Waals surface area contributed by atoms with Gasteiger partial charge in [-0.15, -0.1) is 0 Å². The minimum absolute atomic E-state index is 0.504. The third-order valence-corrected chi connectivity index (χ3v) is 4.96. The van der Waals surface area contributed by atoms with Crippen molar-refractivity contribution in [3.63, 3.8) is 0 Å². The molecule has 0 aliphatic carbocycles. The highest BCUT2D eigenvalue weighted by Crippen LogP contribution is 2.36. The Bertz CT molecular complexity index is 460. The number of aromatic nitrogens is 1. The lowest BCUT2D eigenvalue weighted by Gasteiger charge is -2.40. The van der Waals surface area contributed by atoms with Crippen LogP contribution >= 0.6 is 0 Å². The van der Waals surface area contributed by atoms with E-state index < -0.39 is 0 Å². The second-order valence-corrected chi connectivity index (χ2v) is 7.14. The second kappa shape index (κ2) is 6.78. The van der Waals surface area contributed by atoms with E-state index in [4.69, 9.17) is 0 Å². The van der Waals surface area contributed by atoms with Crippen molar-refractivity contribution in [3.8, 4) is 0 Å². The van der Waals surface area contributed by atoms with Crippen molar-refractivity contribution < 1.29 is 0 Å². The first-order chi connectivity index (χ1) is 9.93. The summed E-state index contributed by atoms with van der Waals surface area (Å²) in [4.78, 5) is 7.05. The molecule has 1 fully saturated rings. The van der Waals surface area contributed by atoms with E-state index in [0.717, 1.165) is 12.2 Å². The minimum atomic E-state index is 0.504. The molecule has 118 valence electrons. The summed E-state index contributed by atoms with van der Waals surface area (Å²) >= 11 is 0. The molecular weight excluding hydrogens is 258 g/mol. The highest BCUT2D eigenvalue weighted by molar-refractivity contribution is 5.54. The van der Waals surface area contributed by atoms with Crippen molar-refractivity contribution in [3.05, 3.63) is 23.5 Å². The number of nitrogens with zero attached hydrogens (tertiary/aromatic N) is 2. The summed E-state index contributed by atoms with van der Waals surface area (Å²) in [6.45, 7) is 14.5. The van der Waals surface area contributed by atoms with E-state index in [0.29, 0.717) is 11.5 Å².